The summed E-state index contributed by atoms with van der Waals surface area (Å²) < 4.78 is 77.3. The number of hydrogen-bond acceptors (Lipinski definition) is 2. The zero-order valence-electron chi connectivity index (χ0n) is 12.0. The zero-order valence-corrected chi connectivity index (χ0v) is 12.9. The van der Waals surface area contributed by atoms with Crippen LogP contribution in [0.1, 0.15) is 23.6 Å². The van der Waals surface area contributed by atoms with Crippen LogP contribution >= 0.6 is 12.4 Å². The van der Waals surface area contributed by atoms with Crippen molar-refractivity contribution in [2.24, 2.45) is 0 Å². The van der Waals surface area contributed by atoms with Crippen LogP contribution in [-0.2, 0) is 6.18 Å². The van der Waals surface area contributed by atoms with Gasteiger partial charge in [0.2, 0.25) is 6.43 Å². The van der Waals surface area contributed by atoms with Gasteiger partial charge in [0, 0.05) is 44.2 Å². The molecule has 1 N–H and O–H groups in total. The van der Waals surface area contributed by atoms with E-state index in [9.17, 15) is 26.3 Å². The molecule has 132 valence electrons. The molecule has 9 heteroatoms. The molecule has 0 saturated carbocycles. The fraction of sp³-hybridized carbons (Fsp3) is 0.571. The molecule has 2 rings (SSSR count). The molecule has 1 aromatic carbocycles. The molecule has 0 aromatic heterocycles. The molecular weight excluding hydrogens is 346 g/mol. The molecule has 1 fully saturated rings. The summed E-state index contributed by atoms with van der Waals surface area (Å²) in [5.74, 6) is -1.10. The number of halogens is 7. The monoisotopic (exact) mass is 362 g/mol. The lowest BCUT2D eigenvalue weighted by Gasteiger charge is -2.35. The van der Waals surface area contributed by atoms with Gasteiger partial charge in [-0.3, -0.25) is 4.90 Å². The summed E-state index contributed by atoms with van der Waals surface area (Å²) in [5, 5.41) is 3.05. The largest absolute Gasteiger partial charge is 0.416 e. The van der Waals surface area contributed by atoms with E-state index < -0.39 is 36.4 Å². The van der Waals surface area contributed by atoms with E-state index in [1.165, 1.54) is 0 Å². The summed E-state index contributed by atoms with van der Waals surface area (Å²) in [5.41, 5.74) is -1.24. The average Bonchev–Trinajstić information content (AvgIpc) is 2.45. The van der Waals surface area contributed by atoms with Crippen LogP contribution in [0.25, 0.3) is 0 Å². The van der Waals surface area contributed by atoms with Crippen molar-refractivity contribution in [3.63, 3.8) is 0 Å². The minimum absolute atomic E-state index is 0. The first-order valence-corrected chi connectivity index (χ1v) is 6.88. The van der Waals surface area contributed by atoms with Gasteiger partial charge in [-0.1, -0.05) is 6.07 Å². The highest BCUT2D eigenvalue weighted by Crippen LogP contribution is 2.34. The molecule has 1 aliphatic rings. The summed E-state index contributed by atoms with van der Waals surface area (Å²) in [6, 6.07) is 1.15. The number of nitrogens with zero attached hydrogens (tertiary/aromatic N) is 1. The zero-order chi connectivity index (χ0) is 16.3. The van der Waals surface area contributed by atoms with Gasteiger partial charge < -0.3 is 5.32 Å². The normalized spacial score (nSPS) is 17.9. The average molecular weight is 363 g/mol. The Morgan fingerprint density at radius 2 is 1.74 bits per heavy atom. The van der Waals surface area contributed by atoms with E-state index in [1.54, 1.807) is 4.90 Å². The van der Waals surface area contributed by atoms with Crippen molar-refractivity contribution in [3.05, 3.63) is 35.1 Å². The van der Waals surface area contributed by atoms with Gasteiger partial charge in [-0.15, -0.1) is 12.4 Å². The second-order valence-corrected chi connectivity index (χ2v) is 5.16. The van der Waals surface area contributed by atoms with Crippen LogP contribution in [0, 0.1) is 5.82 Å². The van der Waals surface area contributed by atoms with E-state index in [2.05, 4.69) is 5.32 Å². The van der Waals surface area contributed by atoms with Crippen LogP contribution in [0.4, 0.5) is 26.3 Å². The van der Waals surface area contributed by atoms with Crippen molar-refractivity contribution in [2.45, 2.75) is 25.1 Å². The van der Waals surface area contributed by atoms with Crippen molar-refractivity contribution >= 4 is 12.4 Å². The van der Waals surface area contributed by atoms with Gasteiger partial charge in [0.1, 0.15) is 5.82 Å². The topological polar surface area (TPSA) is 15.3 Å². The van der Waals surface area contributed by atoms with Crippen LogP contribution in [0.5, 0.6) is 0 Å². The van der Waals surface area contributed by atoms with Crippen LogP contribution in [-0.4, -0.2) is 37.5 Å². The second kappa shape index (κ2) is 8.21. The van der Waals surface area contributed by atoms with Crippen molar-refractivity contribution in [3.8, 4) is 0 Å². The Morgan fingerprint density at radius 3 is 2.22 bits per heavy atom. The molecule has 0 spiro atoms. The van der Waals surface area contributed by atoms with Gasteiger partial charge in [-0.25, -0.2) is 13.2 Å². The third-order valence-electron chi connectivity index (χ3n) is 3.68. The van der Waals surface area contributed by atoms with Gasteiger partial charge >= 0.3 is 6.18 Å². The van der Waals surface area contributed by atoms with Gasteiger partial charge in [0.05, 0.1) is 5.56 Å². The molecule has 23 heavy (non-hydrogen) atoms. The quantitative estimate of drug-likeness (QED) is 0.818. The number of hydrogen-bond donors (Lipinski definition) is 1. The maximum absolute atomic E-state index is 14.0. The summed E-state index contributed by atoms with van der Waals surface area (Å²) in [7, 11) is 0. The standard InChI is InChI=1S/C14H16F6N2.ClH/c15-11-7-9(14(18,19)20)1-2-10(11)12(8-13(16)17)22-5-3-21-4-6-22;/h1-2,7,12-13,21H,3-6,8H2;1H/t12-;/m1./s1. The Balaban J connectivity index is 0.00000264. The summed E-state index contributed by atoms with van der Waals surface area (Å²) >= 11 is 0. The van der Waals surface area contributed by atoms with E-state index in [0.29, 0.717) is 32.2 Å². The van der Waals surface area contributed by atoms with E-state index in [-0.39, 0.29) is 18.0 Å². The first-order chi connectivity index (χ1) is 10.3. The fourth-order valence-electron chi connectivity index (χ4n) is 2.61. The Labute approximate surface area is 136 Å². The predicted molar refractivity (Wildman–Crippen MR) is 76.5 cm³/mol. The van der Waals surface area contributed by atoms with Gasteiger partial charge in [-0.2, -0.15) is 13.2 Å². The number of rotatable bonds is 4. The van der Waals surface area contributed by atoms with Crippen molar-refractivity contribution < 1.29 is 26.3 Å². The van der Waals surface area contributed by atoms with E-state index >= 15 is 0 Å². The molecule has 1 heterocycles. The Morgan fingerprint density at radius 1 is 1.13 bits per heavy atom. The molecule has 1 aliphatic heterocycles. The maximum Gasteiger partial charge on any atom is 0.416 e. The van der Waals surface area contributed by atoms with Crippen molar-refractivity contribution in [1.82, 2.24) is 10.2 Å². The highest BCUT2D eigenvalue weighted by atomic mass is 35.5. The molecule has 0 bridgehead atoms. The Hall–Kier alpha value is -0.990. The summed E-state index contributed by atoms with van der Waals surface area (Å²) in [6.07, 6.45) is -7.93. The Kier molecular flexibility index (Phi) is 7.16. The molecule has 1 saturated heterocycles. The van der Waals surface area contributed by atoms with Crippen LogP contribution in [0.15, 0.2) is 18.2 Å². The fourth-order valence-corrected chi connectivity index (χ4v) is 2.61. The molecule has 0 radical (unpaired) electrons. The Bertz CT molecular complexity index is 503. The number of nitrogens with one attached hydrogen (secondary N) is 1. The lowest BCUT2D eigenvalue weighted by Crippen LogP contribution is -2.45. The van der Waals surface area contributed by atoms with Gasteiger partial charge in [0.15, 0.2) is 0 Å². The van der Waals surface area contributed by atoms with E-state index in [4.69, 9.17) is 0 Å². The molecule has 2 nitrogen and oxygen atoms in total. The third kappa shape index (κ3) is 5.26. The third-order valence-corrected chi connectivity index (χ3v) is 3.68. The van der Waals surface area contributed by atoms with Crippen LogP contribution < -0.4 is 5.32 Å². The number of alkyl halides is 5. The predicted octanol–water partition coefficient (Wildman–Crippen LogP) is 3.87. The lowest BCUT2D eigenvalue weighted by atomic mass is 9.99. The highest BCUT2D eigenvalue weighted by Gasteiger charge is 2.33. The van der Waals surface area contributed by atoms with Crippen LogP contribution in [0.3, 0.4) is 0 Å². The van der Waals surface area contributed by atoms with Crippen molar-refractivity contribution in [1.29, 1.82) is 0 Å². The summed E-state index contributed by atoms with van der Waals surface area (Å²) in [6.45, 7) is 2.03. The number of piperazine rings is 1. The smallest absolute Gasteiger partial charge is 0.314 e. The molecule has 1 aromatic rings. The second-order valence-electron chi connectivity index (χ2n) is 5.16. The minimum atomic E-state index is -4.66. The van der Waals surface area contributed by atoms with Gasteiger partial charge in [-0.05, 0) is 12.1 Å². The maximum atomic E-state index is 14.0. The molecule has 1 atom stereocenters. The molecular formula is C14H17ClF6N2. The number of benzene rings is 1. The highest BCUT2D eigenvalue weighted by molar-refractivity contribution is 5.85. The van der Waals surface area contributed by atoms with Gasteiger partial charge in [0.25, 0.3) is 0 Å². The van der Waals surface area contributed by atoms with E-state index in [0.717, 1.165) is 12.1 Å². The molecule has 0 amide bonds. The first kappa shape index (κ1) is 20.1. The first-order valence-electron chi connectivity index (χ1n) is 6.88. The lowest BCUT2D eigenvalue weighted by molar-refractivity contribution is -0.137. The molecule has 0 unspecified atom stereocenters. The van der Waals surface area contributed by atoms with Crippen LogP contribution in [0.2, 0.25) is 0 Å². The molecule has 0 aliphatic carbocycles. The van der Waals surface area contributed by atoms with Crippen molar-refractivity contribution in [2.75, 3.05) is 26.2 Å². The minimum Gasteiger partial charge on any atom is -0.314 e. The summed E-state index contributed by atoms with van der Waals surface area (Å²) in [4.78, 5) is 1.67. The SMILES string of the molecule is Cl.Fc1cc(C(F)(F)F)ccc1[C@@H](CC(F)F)N1CCNCC1. The van der Waals surface area contributed by atoms with E-state index in [1.807, 2.05) is 0 Å².